The van der Waals surface area contributed by atoms with Crippen LogP contribution in [0.15, 0.2) is 71.6 Å². The zero-order valence-electron chi connectivity index (χ0n) is 19.2. The minimum Gasteiger partial charge on any atom is -0.378 e. The molecule has 1 aliphatic heterocycles. The second-order valence-corrected chi connectivity index (χ2v) is 11.2. The molecule has 0 saturated carbocycles. The summed E-state index contributed by atoms with van der Waals surface area (Å²) in [6.07, 6.45) is 4.90. The minimum absolute atomic E-state index is 0.0154. The molecule has 0 fully saturated rings. The third-order valence-electron chi connectivity index (χ3n) is 6.80. The van der Waals surface area contributed by atoms with Crippen molar-refractivity contribution in [3.63, 3.8) is 0 Å². The van der Waals surface area contributed by atoms with Crippen molar-refractivity contribution in [3.05, 3.63) is 104 Å². The molecule has 0 saturated heterocycles. The Balaban J connectivity index is 1.51. The van der Waals surface area contributed by atoms with E-state index in [2.05, 4.69) is 22.2 Å². The van der Waals surface area contributed by atoms with Crippen LogP contribution in [0.25, 0.3) is 0 Å². The lowest BCUT2D eigenvalue weighted by molar-refractivity contribution is -0.384. The molecule has 7 nitrogen and oxygen atoms in total. The lowest BCUT2D eigenvalue weighted by Gasteiger charge is -2.38. The molecule has 0 aromatic heterocycles. The Labute approximate surface area is 209 Å². The first kappa shape index (κ1) is 23.4. The summed E-state index contributed by atoms with van der Waals surface area (Å²) in [6.45, 7) is 3.83. The molecule has 3 unspecified atom stereocenters. The molecule has 5 rings (SSSR count). The standard InChI is InChI=1S/C26H24ClN3O4S/c1-15-6-10-24(16(2)12-15)29-35(33,34)18-8-11-25-21(14-18)19-4-3-5-20(19)26(28-25)22-13-17(30(31)32)7-9-23(22)27/h3-4,6-14,19-20,26,28-29H,5H2,1-2H3. The Bertz CT molecular complexity index is 1490. The van der Waals surface area contributed by atoms with Crippen LogP contribution in [0, 0.1) is 29.9 Å². The summed E-state index contributed by atoms with van der Waals surface area (Å²) in [7, 11) is -3.80. The van der Waals surface area contributed by atoms with E-state index in [0.29, 0.717) is 16.3 Å². The van der Waals surface area contributed by atoms with E-state index < -0.39 is 14.9 Å². The maximum atomic E-state index is 13.2. The number of anilines is 2. The summed E-state index contributed by atoms with van der Waals surface area (Å²) in [5.74, 6) is 0.00935. The van der Waals surface area contributed by atoms with Crippen molar-refractivity contribution in [1.29, 1.82) is 0 Å². The molecule has 2 N–H and O–H groups in total. The molecule has 35 heavy (non-hydrogen) atoms. The highest BCUT2D eigenvalue weighted by molar-refractivity contribution is 7.92. The first-order chi connectivity index (χ1) is 16.6. The summed E-state index contributed by atoms with van der Waals surface area (Å²) in [5, 5.41) is 15.3. The molecule has 180 valence electrons. The summed E-state index contributed by atoms with van der Waals surface area (Å²) in [4.78, 5) is 11.1. The Morgan fingerprint density at radius 1 is 1.06 bits per heavy atom. The average Bonchev–Trinajstić information content (AvgIpc) is 3.31. The van der Waals surface area contributed by atoms with E-state index in [0.717, 1.165) is 28.8 Å². The van der Waals surface area contributed by atoms with Crippen LogP contribution in [0.4, 0.5) is 17.1 Å². The number of rotatable bonds is 5. The van der Waals surface area contributed by atoms with Crippen LogP contribution in [0.5, 0.6) is 0 Å². The van der Waals surface area contributed by atoms with Gasteiger partial charge in [-0.15, -0.1) is 0 Å². The van der Waals surface area contributed by atoms with Crippen molar-refractivity contribution in [3.8, 4) is 0 Å². The van der Waals surface area contributed by atoms with Gasteiger partial charge in [0.2, 0.25) is 0 Å². The van der Waals surface area contributed by atoms with Gasteiger partial charge in [0.15, 0.2) is 0 Å². The number of hydrogen-bond donors (Lipinski definition) is 2. The molecule has 2 aliphatic rings. The third-order valence-corrected chi connectivity index (χ3v) is 8.50. The summed E-state index contributed by atoms with van der Waals surface area (Å²) >= 11 is 6.47. The quantitative estimate of drug-likeness (QED) is 0.232. The lowest BCUT2D eigenvalue weighted by atomic mass is 9.77. The average molecular weight is 510 g/mol. The molecule has 0 spiro atoms. The normalized spacial score (nSPS) is 20.6. The molecule has 3 aromatic carbocycles. The highest BCUT2D eigenvalue weighted by atomic mass is 35.5. The van der Waals surface area contributed by atoms with Gasteiger partial charge in [-0.2, -0.15) is 0 Å². The van der Waals surface area contributed by atoms with Crippen LogP contribution in [-0.4, -0.2) is 13.3 Å². The number of sulfonamides is 1. The van der Waals surface area contributed by atoms with Crippen molar-refractivity contribution in [1.82, 2.24) is 0 Å². The molecular weight excluding hydrogens is 486 g/mol. The van der Waals surface area contributed by atoms with Crippen LogP contribution in [0.1, 0.15) is 40.6 Å². The van der Waals surface area contributed by atoms with Gasteiger partial charge in [0.1, 0.15) is 0 Å². The Kier molecular flexibility index (Phi) is 5.81. The number of nitrogens with zero attached hydrogens (tertiary/aromatic N) is 1. The Morgan fingerprint density at radius 2 is 1.86 bits per heavy atom. The summed E-state index contributed by atoms with van der Waals surface area (Å²) < 4.78 is 29.1. The number of halogens is 1. The van der Waals surface area contributed by atoms with Gasteiger partial charge in [-0.05, 0) is 67.6 Å². The number of nitro benzene ring substituents is 1. The highest BCUT2D eigenvalue weighted by Gasteiger charge is 2.39. The van der Waals surface area contributed by atoms with Gasteiger partial charge in [0.05, 0.1) is 21.5 Å². The van der Waals surface area contributed by atoms with E-state index >= 15 is 0 Å². The molecule has 3 aromatic rings. The highest BCUT2D eigenvalue weighted by Crippen LogP contribution is 2.51. The molecule has 1 heterocycles. The number of nitrogens with one attached hydrogen (secondary N) is 2. The molecule has 0 radical (unpaired) electrons. The maximum absolute atomic E-state index is 13.2. The van der Waals surface area contributed by atoms with Crippen molar-refractivity contribution in [2.45, 2.75) is 37.1 Å². The summed E-state index contributed by atoms with van der Waals surface area (Å²) in [6, 6.07) is 14.8. The van der Waals surface area contributed by atoms with Gasteiger partial charge in [0, 0.05) is 34.3 Å². The molecule has 0 amide bonds. The first-order valence-electron chi connectivity index (χ1n) is 11.2. The number of benzene rings is 3. The Morgan fingerprint density at radius 3 is 2.60 bits per heavy atom. The van der Waals surface area contributed by atoms with Crippen LogP contribution in [0.2, 0.25) is 5.02 Å². The summed E-state index contributed by atoms with van der Waals surface area (Å²) in [5.41, 5.74) is 4.77. The zero-order valence-corrected chi connectivity index (χ0v) is 20.7. The zero-order chi connectivity index (χ0) is 24.9. The molecule has 0 bridgehead atoms. The van der Waals surface area contributed by atoms with Crippen LogP contribution < -0.4 is 10.0 Å². The lowest BCUT2D eigenvalue weighted by Crippen LogP contribution is -2.29. The number of aryl methyl sites for hydroxylation is 2. The number of nitro groups is 1. The predicted molar refractivity (Wildman–Crippen MR) is 138 cm³/mol. The van der Waals surface area contributed by atoms with E-state index in [4.69, 9.17) is 11.6 Å². The molecule has 3 atom stereocenters. The van der Waals surface area contributed by atoms with Gasteiger partial charge < -0.3 is 5.32 Å². The fourth-order valence-electron chi connectivity index (χ4n) is 5.06. The Hall–Kier alpha value is -3.36. The SMILES string of the molecule is Cc1ccc(NS(=O)(=O)c2ccc3c(c2)C2C=CCC2C(c2cc([N+](=O)[O-])ccc2Cl)N3)c(C)c1. The number of non-ortho nitro benzene ring substituents is 1. The van der Waals surface area contributed by atoms with Crippen LogP contribution >= 0.6 is 11.6 Å². The number of allylic oxidation sites excluding steroid dienone is 2. The number of fused-ring (bicyclic) bond motifs is 3. The van der Waals surface area contributed by atoms with E-state index in [-0.39, 0.29) is 28.5 Å². The molecule has 9 heteroatoms. The molecule has 1 aliphatic carbocycles. The monoisotopic (exact) mass is 509 g/mol. The van der Waals surface area contributed by atoms with Gasteiger partial charge in [0.25, 0.3) is 15.7 Å². The smallest absolute Gasteiger partial charge is 0.269 e. The van der Waals surface area contributed by atoms with Gasteiger partial charge >= 0.3 is 0 Å². The minimum atomic E-state index is -3.80. The van der Waals surface area contributed by atoms with Gasteiger partial charge in [-0.1, -0.05) is 41.4 Å². The second-order valence-electron chi connectivity index (χ2n) is 9.11. The van der Waals surface area contributed by atoms with Crippen molar-refractivity contribution < 1.29 is 13.3 Å². The van der Waals surface area contributed by atoms with E-state index in [1.807, 2.05) is 26.0 Å². The van der Waals surface area contributed by atoms with E-state index in [1.165, 1.54) is 12.1 Å². The number of hydrogen-bond acceptors (Lipinski definition) is 5. The van der Waals surface area contributed by atoms with Crippen molar-refractivity contribution in [2.75, 3.05) is 10.0 Å². The maximum Gasteiger partial charge on any atom is 0.269 e. The topological polar surface area (TPSA) is 101 Å². The fourth-order valence-corrected chi connectivity index (χ4v) is 6.46. The largest absolute Gasteiger partial charge is 0.378 e. The van der Waals surface area contributed by atoms with Gasteiger partial charge in [-0.3, -0.25) is 14.8 Å². The van der Waals surface area contributed by atoms with Crippen molar-refractivity contribution >= 4 is 38.7 Å². The van der Waals surface area contributed by atoms with Crippen LogP contribution in [0.3, 0.4) is 0 Å². The predicted octanol–water partition coefficient (Wildman–Crippen LogP) is 6.49. The van der Waals surface area contributed by atoms with E-state index in [9.17, 15) is 18.5 Å². The van der Waals surface area contributed by atoms with Crippen molar-refractivity contribution in [2.24, 2.45) is 5.92 Å². The van der Waals surface area contributed by atoms with Crippen LogP contribution in [-0.2, 0) is 10.0 Å². The fraction of sp³-hybridized carbons (Fsp3) is 0.231. The third kappa shape index (κ3) is 4.28. The second kappa shape index (κ2) is 8.70. The van der Waals surface area contributed by atoms with E-state index in [1.54, 1.807) is 30.3 Å². The van der Waals surface area contributed by atoms with Gasteiger partial charge in [-0.25, -0.2) is 8.42 Å². The molecular formula is C26H24ClN3O4S. The first-order valence-corrected chi connectivity index (χ1v) is 13.1.